The van der Waals surface area contributed by atoms with Crippen molar-refractivity contribution >= 4 is 17.8 Å². The number of halogens is 1. The second-order valence-electron chi connectivity index (χ2n) is 5.67. The van der Waals surface area contributed by atoms with Crippen LogP contribution in [-0.4, -0.2) is 36.8 Å². The maximum absolute atomic E-state index is 12.8. The average molecular weight is 358 g/mol. The topological polar surface area (TPSA) is 90.5 Å². The van der Waals surface area contributed by atoms with Gasteiger partial charge in [-0.3, -0.25) is 15.0 Å². The van der Waals surface area contributed by atoms with Gasteiger partial charge in [0.15, 0.2) is 0 Å². The minimum atomic E-state index is -0.603. The van der Waals surface area contributed by atoms with Gasteiger partial charge in [0.25, 0.3) is 11.8 Å². The standard InChI is InChI=1S/C18H19FN4O3/c1-23(2)17(25)14-5-3-12(4-6-14)11-20-18(26)22-21-16(24)13-7-9-15(19)10-8-13/h3-10H,11H2,1-2H3,(H,21,24)(H2,20,22,26). The number of amides is 4. The molecule has 2 aromatic carbocycles. The first kappa shape index (κ1) is 18.9. The van der Waals surface area contributed by atoms with Crippen molar-refractivity contribution in [1.29, 1.82) is 0 Å². The van der Waals surface area contributed by atoms with Crippen molar-refractivity contribution in [1.82, 2.24) is 21.1 Å². The predicted octanol–water partition coefficient (Wildman–Crippen LogP) is 1.67. The molecule has 0 unspecified atom stereocenters. The number of nitrogens with one attached hydrogen (secondary N) is 3. The third-order valence-corrected chi connectivity index (χ3v) is 3.46. The Labute approximate surface area is 150 Å². The number of carbonyl (C=O) groups excluding carboxylic acids is 3. The third-order valence-electron chi connectivity index (χ3n) is 3.46. The van der Waals surface area contributed by atoms with Gasteiger partial charge in [-0.1, -0.05) is 12.1 Å². The summed E-state index contributed by atoms with van der Waals surface area (Å²) in [6.07, 6.45) is 0. The summed E-state index contributed by atoms with van der Waals surface area (Å²) in [6.45, 7) is 0.217. The summed E-state index contributed by atoms with van der Waals surface area (Å²) in [7, 11) is 3.34. The Balaban J connectivity index is 1.78. The number of carbonyl (C=O) groups is 3. The first-order chi connectivity index (χ1) is 12.4. The normalized spacial score (nSPS) is 9.96. The molecule has 2 aromatic rings. The lowest BCUT2D eigenvalue weighted by atomic mass is 10.1. The number of nitrogens with zero attached hydrogens (tertiary/aromatic N) is 1. The minimum absolute atomic E-state index is 0.106. The summed E-state index contributed by atoms with van der Waals surface area (Å²) in [5.74, 6) is -1.12. The number of urea groups is 1. The second kappa shape index (κ2) is 8.61. The van der Waals surface area contributed by atoms with Crippen molar-refractivity contribution in [2.75, 3.05) is 14.1 Å². The van der Waals surface area contributed by atoms with Crippen LogP contribution >= 0.6 is 0 Å². The summed E-state index contributed by atoms with van der Waals surface area (Å²) in [5.41, 5.74) is 5.98. The molecule has 0 saturated carbocycles. The zero-order valence-electron chi connectivity index (χ0n) is 14.4. The van der Waals surface area contributed by atoms with Crippen LogP contribution in [0.1, 0.15) is 26.3 Å². The van der Waals surface area contributed by atoms with Gasteiger partial charge in [-0.15, -0.1) is 0 Å². The van der Waals surface area contributed by atoms with Crippen molar-refractivity contribution in [2.45, 2.75) is 6.54 Å². The molecule has 0 spiro atoms. The van der Waals surface area contributed by atoms with Crippen molar-refractivity contribution in [3.8, 4) is 0 Å². The van der Waals surface area contributed by atoms with E-state index in [1.165, 1.54) is 17.0 Å². The average Bonchev–Trinajstić information content (AvgIpc) is 2.64. The molecule has 4 amide bonds. The van der Waals surface area contributed by atoms with Crippen LogP contribution in [0.4, 0.5) is 9.18 Å². The highest BCUT2D eigenvalue weighted by atomic mass is 19.1. The first-order valence-corrected chi connectivity index (χ1v) is 7.77. The number of benzene rings is 2. The monoisotopic (exact) mass is 358 g/mol. The van der Waals surface area contributed by atoms with Crippen LogP contribution in [-0.2, 0) is 6.54 Å². The minimum Gasteiger partial charge on any atom is -0.345 e. The van der Waals surface area contributed by atoms with Crippen molar-refractivity contribution < 1.29 is 18.8 Å². The lowest BCUT2D eigenvalue weighted by molar-refractivity contribution is 0.0827. The lowest BCUT2D eigenvalue weighted by Crippen LogP contribution is -2.46. The van der Waals surface area contributed by atoms with Crippen LogP contribution in [0.3, 0.4) is 0 Å². The van der Waals surface area contributed by atoms with E-state index < -0.39 is 17.8 Å². The third kappa shape index (κ3) is 5.30. The van der Waals surface area contributed by atoms with E-state index in [9.17, 15) is 18.8 Å². The fraction of sp³-hybridized carbons (Fsp3) is 0.167. The Morgan fingerprint density at radius 2 is 1.46 bits per heavy atom. The molecule has 0 aromatic heterocycles. The van der Waals surface area contributed by atoms with Crippen LogP contribution in [0.15, 0.2) is 48.5 Å². The SMILES string of the molecule is CN(C)C(=O)c1ccc(CNC(=O)NNC(=O)c2ccc(F)cc2)cc1. The van der Waals surface area contributed by atoms with E-state index in [0.29, 0.717) is 5.56 Å². The summed E-state index contributed by atoms with van der Waals surface area (Å²) < 4.78 is 12.8. The predicted molar refractivity (Wildman–Crippen MR) is 93.7 cm³/mol. The molecule has 0 radical (unpaired) electrons. The lowest BCUT2D eigenvalue weighted by Gasteiger charge is -2.11. The Hall–Kier alpha value is -3.42. The van der Waals surface area contributed by atoms with Gasteiger partial charge < -0.3 is 10.2 Å². The van der Waals surface area contributed by atoms with Gasteiger partial charge in [-0.2, -0.15) is 0 Å². The van der Waals surface area contributed by atoms with Crippen LogP contribution in [0, 0.1) is 5.82 Å². The molecule has 2 rings (SSSR count). The largest absolute Gasteiger partial charge is 0.345 e. The van der Waals surface area contributed by atoms with Crippen LogP contribution < -0.4 is 16.2 Å². The van der Waals surface area contributed by atoms with Crippen LogP contribution in [0.2, 0.25) is 0 Å². The van der Waals surface area contributed by atoms with E-state index in [4.69, 9.17) is 0 Å². The summed E-state index contributed by atoms with van der Waals surface area (Å²) in [5, 5.41) is 2.57. The van der Waals surface area contributed by atoms with Gasteiger partial charge in [0, 0.05) is 31.8 Å². The second-order valence-corrected chi connectivity index (χ2v) is 5.67. The van der Waals surface area contributed by atoms with Crippen LogP contribution in [0.5, 0.6) is 0 Å². The Kier molecular flexibility index (Phi) is 6.26. The fourth-order valence-corrected chi connectivity index (χ4v) is 2.04. The molecular weight excluding hydrogens is 339 g/mol. The molecule has 7 nitrogen and oxygen atoms in total. The van der Waals surface area contributed by atoms with Crippen LogP contribution in [0.25, 0.3) is 0 Å². The molecule has 26 heavy (non-hydrogen) atoms. The Bertz CT molecular complexity index is 789. The molecule has 0 saturated heterocycles. The fourth-order valence-electron chi connectivity index (χ4n) is 2.04. The molecule has 8 heteroatoms. The van der Waals surface area contributed by atoms with E-state index in [1.54, 1.807) is 38.4 Å². The first-order valence-electron chi connectivity index (χ1n) is 7.77. The van der Waals surface area contributed by atoms with Gasteiger partial charge in [0.2, 0.25) is 0 Å². The summed E-state index contributed by atoms with van der Waals surface area (Å²) >= 11 is 0. The smallest absolute Gasteiger partial charge is 0.333 e. The van der Waals surface area contributed by atoms with Gasteiger partial charge in [-0.05, 0) is 42.0 Å². The number of rotatable bonds is 4. The zero-order valence-corrected chi connectivity index (χ0v) is 14.4. The highest BCUT2D eigenvalue weighted by Crippen LogP contribution is 2.06. The van der Waals surface area contributed by atoms with Gasteiger partial charge in [0.05, 0.1) is 0 Å². The Morgan fingerprint density at radius 3 is 2.04 bits per heavy atom. The van der Waals surface area contributed by atoms with E-state index in [1.807, 2.05) is 0 Å². The molecule has 0 fully saturated rings. The molecule has 0 aliphatic rings. The number of hydrogen-bond donors (Lipinski definition) is 3. The van der Waals surface area contributed by atoms with Gasteiger partial charge in [-0.25, -0.2) is 14.6 Å². The summed E-state index contributed by atoms with van der Waals surface area (Å²) in [6, 6.07) is 11.1. The highest BCUT2D eigenvalue weighted by molar-refractivity contribution is 5.95. The quantitative estimate of drug-likeness (QED) is 0.726. The van der Waals surface area contributed by atoms with Gasteiger partial charge in [0.1, 0.15) is 5.82 Å². The molecule has 0 heterocycles. The summed E-state index contributed by atoms with van der Waals surface area (Å²) in [4.78, 5) is 36.8. The van der Waals surface area contributed by atoms with Gasteiger partial charge >= 0.3 is 6.03 Å². The number of hydrazine groups is 1. The van der Waals surface area contributed by atoms with E-state index >= 15 is 0 Å². The number of hydrogen-bond acceptors (Lipinski definition) is 3. The van der Waals surface area contributed by atoms with Crippen molar-refractivity contribution in [3.05, 3.63) is 71.0 Å². The van der Waals surface area contributed by atoms with Crippen molar-refractivity contribution in [3.63, 3.8) is 0 Å². The molecule has 0 aliphatic heterocycles. The van der Waals surface area contributed by atoms with E-state index in [-0.39, 0.29) is 18.0 Å². The molecule has 0 aliphatic carbocycles. The highest BCUT2D eigenvalue weighted by Gasteiger charge is 2.09. The zero-order chi connectivity index (χ0) is 19.1. The van der Waals surface area contributed by atoms with Crippen molar-refractivity contribution in [2.24, 2.45) is 0 Å². The molecule has 3 N–H and O–H groups in total. The Morgan fingerprint density at radius 1 is 0.885 bits per heavy atom. The molecule has 0 bridgehead atoms. The van der Waals surface area contributed by atoms with E-state index in [0.717, 1.165) is 17.7 Å². The molecular formula is C18H19FN4O3. The maximum Gasteiger partial charge on any atom is 0.333 e. The molecule has 0 atom stereocenters. The molecule has 136 valence electrons. The van der Waals surface area contributed by atoms with E-state index in [2.05, 4.69) is 16.2 Å². The maximum atomic E-state index is 12.8.